The van der Waals surface area contributed by atoms with E-state index in [1.807, 2.05) is 47.8 Å². The van der Waals surface area contributed by atoms with Gasteiger partial charge in [-0.2, -0.15) is 0 Å². The zero-order valence-electron chi connectivity index (χ0n) is 15.0. The molecular weight excluding hydrogens is 396 g/mol. The van der Waals surface area contributed by atoms with Gasteiger partial charge in [-0.3, -0.25) is 19.3 Å². The molecule has 1 aliphatic rings. The maximum atomic E-state index is 12.4. The van der Waals surface area contributed by atoms with E-state index in [-0.39, 0.29) is 36.6 Å². The molecule has 146 valence electrons. The molecule has 1 unspecified atom stereocenters. The molecule has 28 heavy (non-hydrogen) atoms. The van der Waals surface area contributed by atoms with Crippen LogP contribution >= 0.6 is 23.1 Å². The van der Waals surface area contributed by atoms with Crippen LogP contribution in [-0.4, -0.2) is 46.3 Å². The second-order valence-corrected chi connectivity index (χ2v) is 8.21. The van der Waals surface area contributed by atoms with Crippen LogP contribution in [0.15, 0.2) is 52.7 Å². The molecule has 2 aromatic rings. The number of aliphatic hydroxyl groups is 1. The summed E-state index contributed by atoms with van der Waals surface area (Å²) in [5, 5.41) is 13.8. The molecule has 6 nitrogen and oxygen atoms in total. The van der Waals surface area contributed by atoms with Crippen molar-refractivity contribution in [2.24, 2.45) is 0 Å². The molecule has 1 saturated heterocycles. The van der Waals surface area contributed by atoms with Crippen molar-refractivity contribution in [3.63, 3.8) is 0 Å². The quantitative estimate of drug-likeness (QED) is 0.646. The van der Waals surface area contributed by atoms with Gasteiger partial charge in [-0.05, 0) is 41.3 Å². The molecule has 1 aromatic carbocycles. The van der Waals surface area contributed by atoms with E-state index in [9.17, 15) is 19.5 Å². The number of nitrogens with zero attached hydrogens (tertiary/aromatic N) is 1. The maximum absolute atomic E-state index is 12.4. The number of amides is 3. The largest absolute Gasteiger partial charge is 0.394 e. The molecule has 2 N–H and O–H groups in total. The van der Waals surface area contributed by atoms with Crippen molar-refractivity contribution < 1.29 is 19.5 Å². The van der Waals surface area contributed by atoms with Gasteiger partial charge in [-0.15, -0.1) is 11.3 Å². The van der Waals surface area contributed by atoms with Gasteiger partial charge in [0.05, 0.1) is 17.6 Å². The summed E-state index contributed by atoms with van der Waals surface area (Å²) in [6.07, 6.45) is 2.20. The number of rotatable bonds is 8. The fraction of sp³-hybridized carbons (Fsp3) is 0.250. The third kappa shape index (κ3) is 5.31. The van der Waals surface area contributed by atoms with Crippen molar-refractivity contribution in [2.45, 2.75) is 18.9 Å². The van der Waals surface area contributed by atoms with Crippen LogP contribution in [0.25, 0.3) is 6.08 Å². The predicted octanol–water partition coefficient (Wildman–Crippen LogP) is 2.89. The molecule has 0 aliphatic carbocycles. The second kappa shape index (κ2) is 9.68. The number of thiophene rings is 1. The summed E-state index contributed by atoms with van der Waals surface area (Å²) in [5.74, 6) is -0.685. The van der Waals surface area contributed by atoms with Gasteiger partial charge in [0.25, 0.3) is 11.1 Å². The highest BCUT2D eigenvalue weighted by Gasteiger charge is 2.35. The standard InChI is InChI=1S/C20H20N2O4S2/c23-13-15(11-14-5-2-1-3-6-14)21-18(24)8-9-22-19(25)17(28-20(22)26)12-16-7-4-10-27-16/h1-7,10,12,15,23H,8-9,11,13H2,(H,21,24)/b17-12+. The lowest BCUT2D eigenvalue weighted by Gasteiger charge is -2.18. The number of benzene rings is 1. The minimum Gasteiger partial charge on any atom is -0.394 e. The molecule has 1 atom stereocenters. The van der Waals surface area contributed by atoms with Crippen LogP contribution in [0.4, 0.5) is 4.79 Å². The van der Waals surface area contributed by atoms with Gasteiger partial charge in [0.2, 0.25) is 5.91 Å². The first-order chi connectivity index (χ1) is 13.6. The molecule has 3 amide bonds. The Morgan fingerprint density at radius 1 is 1.18 bits per heavy atom. The lowest BCUT2D eigenvalue weighted by Crippen LogP contribution is -2.41. The van der Waals surface area contributed by atoms with Crippen molar-refractivity contribution >= 4 is 46.2 Å². The Labute approximate surface area is 171 Å². The van der Waals surface area contributed by atoms with E-state index in [2.05, 4.69) is 5.32 Å². The van der Waals surface area contributed by atoms with E-state index < -0.39 is 6.04 Å². The van der Waals surface area contributed by atoms with Crippen molar-refractivity contribution in [1.82, 2.24) is 10.2 Å². The second-order valence-electron chi connectivity index (χ2n) is 6.24. The van der Waals surface area contributed by atoms with Gasteiger partial charge in [0.15, 0.2) is 0 Å². The lowest BCUT2D eigenvalue weighted by molar-refractivity contribution is -0.124. The van der Waals surface area contributed by atoms with Crippen LogP contribution in [0.3, 0.4) is 0 Å². The van der Waals surface area contributed by atoms with Crippen molar-refractivity contribution in [3.8, 4) is 0 Å². The van der Waals surface area contributed by atoms with Crippen LogP contribution in [0.5, 0.6) is 0 Å². The Hall–Kier alpha value is -2.42. The third-order valence-corrected chi connectivity index (χ3v) is 5.89. The van der Waals surface area contributed by atoms with E-state index in [0.29, 0.717) is 11.3 Å². The number of thioether (sulfide) groups is 1. The molecule has 0 saturated carbocycles. The van der Waals surface area contributed by atoms with E-state index in [1.54, 1.807) is 6.08 Å². The summed E-state index contributed by atoms with van der Waals surface area (Å²) in [6.45, 7) is -0.173. The van der Waals surface area contributed by atoms with Gasteiger partial charge >= 0.3 is 0 Å². The molecular formula is C20H20N2O4S2. The van der Waals surface area contributed by atoms with Crippen molar-refractivity contribution in [2.75, 3.05) is 13.2 Å². The minimum absolute atomic E-state index is 0.00435. The Balaban J connectivity index is 1.52. The Kier molecular flexibility index (Phi) is 7.02. The van der Waals surface area contributed by atoms with E-state index in [0.717, 1.165) is 27.1 Å². The lowest BCUT2D eigenvalue weighted by atomic mass is 10.1. The molecule has 1 aromatic heterocycles. The number of carbonyl (C=O) groups excluding carboxylic acids is 3. The first-order valence-corrected chi connectivity index (χ1v) is 10.5. The summed E-state index contributed by atoms with van der Waals surface area (Å²) >= 11 is 2.37. The van der Waals surface area contributed by atoms with Gasteiger partial charge in [-0.1, -0.05) is 36.4 Å². The molecule has 8 heteroatoms. The highest BCUT2D eigenvalue weighted by Crippen LogP contribution is 2.32. The van der Waals surface area contributed by atoms with E-state index in [1.165, 1.54) is 11.3 Å². The molecule has 0 radical (unpaired) electrons. The summed E-state index contributed by atoms with van der Waals surface area (Å²) in [4.78, 5) is 39.1. The maximum Gasteiger partial charge on any atom is 0.293 e. The monoisotopic (exact) mass is 416 g/mol. The molecule has 0 spiro atoms. The normalized spacial score (nSPS) is 16.6. The summed E-state index contributed by atoms with van der Waals surface area (Å²) in [7, 11) is 0. The van der Waals surface area contributed by atoms with E-state index >= 15 is 0 Å². The SMILES string of the molecule is O=C(CCN1C(=O)S/C(=C/c2cccs2)C1=O)NC(CO)Cc1ccccc1. The number of hydrogen-bond acceptors (Lipinski definition) is 6. The summed E-state index contributed by atoms with van der Waals surface area (Å²) in [5.41, 5.74) is 1.01. The Bertz CT molecular complexity index is 866. The van der Waals surface area contributed by atoms with E-state index in [4.69, 9.17) is 0 Å². The highest BCUT2D eigenvalue weighted by molar-refractivity contribution is 8.18. The van der Waals surface area contributed by atoms with Crippen molar-refractivity contribution in [3.05, 3.63) is 63.2 Å². The fourth-order valence-corrected chi connectivity index (χ4v) is 4.36. The third-order valence-electron chi connectivity index (χ3n) is 4.16. The number of imide groups is 1. The minimum atomic E-state index is -0.413. The first-order valence-electron chi connectivity index (χ1n) is 8.80. The zero-order valence-corrected chi connectivity index (χ0v) is 16.7. The van der Waals surface area contributed by atoms with Crippen LogP contribution in [0, 0.1) is 0 Å². The molecule has 0 bridgehead atoms. The van der Waals surface area contributed by atoms with Crippen LogP contribution in [0.2, 0.25) is 0 Å². The first kappa shape index (κ1) is 20.3. The molecule has 1 aliphatic heterocycles. The number of nitrogens with one attached hydrogen (secondary N) is 1. The smallest absolute Gasteiger partial charge is 0.293 e. The average Bonchev–Trinajstić information content (AvgIpc) is 3.29. The molecule has 1 fully saturated rings. The average molecular weight is 417 g/mol. The predicted molar refractivity (Wildman–Crippen MR) is 111 cm³/mol. The number of carbonyl (C=O) groups is 3. The molecule has 2 heterocycles. The van der Waals surface area contributed by atoms with Crippen molar-refractivity contribution in [1.29, 1.82) is 0 Å². The highest BCUT2D eigenvalue weighted by atomic mass is 32.2. The molecule has 3 rings (SSSR count). The fourth-order valence-electron chi connectivity index (χ4n) is 2.77. The van der Waals surface area contributed by atoms with Gasteiger partial charge in [-0.25, -0.2) is 0 Å². The number of hydrogen-bond donors (Lipinski definition) is 2. The summed E-state index contributed by atoms with van der Waals surface area (Å²) < 4.78 is 0. The van der Waals surface area contributed by atoms with Crippen LogP contribution < -0.4 is 5.32 Å². The topological polar surface area (TPSA) is 86.7 Å². The zero-order chi connectivity index (χ0) is 19.9. The van der Waals surface area contributed by atoms with Gasteiger partial charge in [0, 0.05) is 17.8 Å². The van der Waals surface area contributed by atoms with Crippen LogP contribution in [-0.2, 0) is 16.0 Å². The Morgan fingerprint density at radius 2 is 1.96 bits per heavy atom. The van der Waals surface area contributed by atoms with Crippen LogP contribution in [0.1, 0.15) is 16.9 Å². The number of aliphatic hydroxyl groups excluding tert-OH is 1. The van der Waals surface area contributed by atoms with Gasteiger partial charge in [0.1, 0.15) is 0 Å². The summed E-state index contributed by atoms with van der Waals surface area (Å²) in [6, 6.07) is 12.9. The van der Waals surface area contributed by atoms with Gasteiger partial charge < -0.3 is 10.4 Å². The Morgan fingerprint density at radius 3 is 2.64 bits per heavy atom.